The lowest BCUT2D eigenvalue weighted by molar-refractivity contribution is 0.175. The lowest BCUT2D eigenvalue weighted by Gasteiger charge is -2.01. The molecule has 60 valence electrons. The number of aromatic nitrogens is 1. The van der Waals surface area contributed by atoms with Crippen LogP contribution in [0.3, 0.4) is 0 Å². The summed E-state index contributed by atoms with van der Waals surface area (Å²) in [6.45, 7) is 0. The van der Waals surface area contributed by atoms with Crippen molar-refractivity contribution in [1.29, 1.82) is 0 Å². The molecule has 5 heteroatoms. The summed E-state index contributed by atoms with van der Waals surface area (Å²) in [6, 6.07) is 1.59. The first-order valence-electron chi connectivity index (χ1n) is 2.94. The molecular formula is C6H7BrN2O2. The molecule has 1 heterocycles. The van der Waals surface area contributed by atoms with Gasteiger partial charge < -0.3 is 10.5 Å². The Morgan fingerprint density at radius 2 is 2.36 bits per heavy atom. The highest BCUT2D eigenvalue weighted by atomic mass is 79.9. The molecule has 0 saturated carbocycles. The van der Waals surface area contributed by atoms with Crippen molar-refractivity contribution in [2.45, 2.75) is 0 Å². The monoisotopic (exact) mass is 218 g/mol. The second-order valence-corrected chi connectivity index (χ2v) is 2.89. The van der Waals surface area contributed by atoms with Gasteiger partial charge in [-0.1, -0.05) is 0 Å². The predicted octanol–water partition coefficient (Wildman–Crippen LogP) is 0.890. The zero-order chi connectivity index (χ0) is 8.43. The maximum atomic E-state index is 11.0. The summed E-state index contributed by atoms with van der Waals surface area (Å²) in [7, 11) is 1.61. The van der Waals surface area contributed by atoms with Gasteiger partial charge in [0.2, 0.25) is 0 Å². The molecule has 0 aliphatic rings. The number of halogens is 1. The summed E-state index contributed by atoms with van der Waals surface area (Å²) >= 11 is 3.13. The smallest absolute Gasteiger partial charge is 0.306 e. The number of anilines is 1. The van der Waals surface area contributed by atoms with Gasteiger partial charge in [0.15, 0.2) is 0 Å². The van der Waals surface area contributed by atoms with Crippen LogP contribution in [0.1, 0.15) is 0 Å². The van der Waals surface area contributed by atoms with Crippen LogP contribution in [0.15, 0.2) is 21.5 Å². The largest absolute Gasteiger partial charge is 0.425 e. The van der Waals surface area contributed by atoms with Crippen LogP contribution in [-0.4, -0.2) is 17.0 Å². The third kappa shape index (κ3) is 1.54. The topological polar surface area (TPSA) is 54.3 Å². The average Bonchev–Trinajstić information content (AvgIpc) is 1.96. The van der Waals surface area contributed by atoms with Crippen molar-refractivity contribution in [3.8, 4) is 0 Å². The summed E-state index contributed by atoms with van der Waals surface area (Å²) < 4.78 is 1.17. The Kier molecular flexibility index (Phi) is 2.19. The van der Waals surface area contributed by atoms with E-state index in [1.807, 2.05) is 0 Å². The fourth-order valence-corrected chi connectivity index (χ4v) is 1.14. The number of rotatable bonds is 1. The van der Waals surface area contributed by atoms with E-state index in [-0.39, 0.29) is 0 Å². The van der Waals surface area contributed by atoms with Crippen LogP contribution in [0.4, 0.5) is 5.69 Å². The molecule has 4 nitrogen and oxygen atoms in total. The third-order valence-electron chi connectivity index (χ3n) is 1.24. The molecule has 1 aromatic heterocycles. The lowest BCUT2D eigenvalue weighted by Crippen LogP contribution is -2.19. The molecule has 0 aliphatic carbocycles. The van der Waals surface area contributed by atoms with E-state index >= 15 is 0 Å². The summed E-state index contributed by atoms with van der Waals surface area (Å²) in [6.07, 6.45) is 1.28. The van der Waals surface area contributed by atoms with E-state index in [4.69, 9.17) is 5.21 Å². The lowest BCUT2D eigenvalue weighted by atomic mass is 10.4. The normalized spacial score (nSPS) is 9.64. The minimum Gasteiger partial charge on any atom is -0.425 e. The van der Waals surface area contributed by atoms with Gasteiger partial charge in [-0.15, -0.1) is 0 Å². The number of nitrogens with one attached hydrogen (secondary N) is 1. The maximum Gasteiger partial charge on any atom is 0.306 e. The zero-order valence-corrected chi connectivity index (χ0v) is 7.42. The van der Waals surface area contributed by atoms with Crippen LogP contribution in [-0.2, 0) is 0 Å². The highest BCUT2D eigenvalue weighted by Gasteiger charge is 2.01. The number of nitrogens with zero attached hydrogens (tertiary/aromatic N) is 1. The molecule has 0 atom stereocenters. The van der Waals surface area contributed by atoms with Crippen LogP contribution >= 0.6 is 15.9 Å². The highest BCUT2D eigenvalue weighted by molar-refractivity contribution is 9.10. The minimum absolute atomic E-state index is 0.349. The van der Waals surface area contributed by atoms with Crippen molar-refractivity contribution < 1.29 is 5.21 Å². The first-order chi connectivity index (χ1) is 5.15. The fourth-order valence-electron chi connectivity index (χ4n) is 0.715. The molecule has 0 bridgehead atoms. The molecule has 0 unspecified atom stereocenters. The standard InChI is InChI=1S/C6H7BrN2O2/c1-8-5-2-4(7)3-9(11)6(5)10/h2-3,8,11H,1H3. The van der Waals surface area contributed by atoms with Gasteiger partial charge in [-0.05, 0) is 22.0 Å². The van der Waals surface area contributed by atoms with Crippen molar-refractivity contribution in [2.75, 3.05) is 12.4 Å². The molecule has 1 aromatic rings. The summed E-state index contributed by atoms with van der Waals surface area (Å²) in [5.41, 5.74) is -0.113. The van der Waals surface area contributed by atoms with Gasteiger partial charge in [-0.25, -0.2) is 0 Å². The van der Waals surface area contributed by atoms with E-state index in [2.05, 4.69) is 21.2 Å². The molecule has 2 N–H and O–H groups in total. The molecule has 0 saturated heterocycles. The third-order valence-corrected chi connectivity index (χ3v) is 1.67. The number of pyridine rings is 1. The summed E-state index contributed by atoms with van der Waals surface area (Å²) in [5.74, 6) is 0. The SMILES string of the molecule is CNc1cc(Br)cn(O)c1=O. The Balaban J connectivity index is 3.37. The maximum absolute atomic E-state index is 11.0. The first-order valence-corrected chi connectivity index (χ1v) is 3.73. The molecule has 11 heavy (non-hydrogen) atoms. The predicted molar refractivity (Wildman–Crippen MR) is 45.1 cm³/mol. The van der Waals surface area contributed by atoms with Gasteiger partial charge in [0, 0.05) is 11.5 Å². The Morgan fingerprint density at radius 3 is 2.91 bits per heavy atom. The Bertz CT molecular complexity index is 321. The number of hydrogen-bond donors (Lipinski definition) is 2. The highest BCUT2D eigenvalue weighted by Crippen LogP contribution is 2.10. The van der Waals surface area contributed by atoms with E-state index in [1.165, 1.54) is 6.20 Å². The van der Waals surface area contributed by atoms with Gasteiger partial charge >= 0.3 is 5.56 Å². The van der Waals surface area contributed by atoms with Crippen LogP contribution in [0.5, 0.6) is 0 Å². The van der Waals surface area contributed by atoms with E-state index < -0.39 is 5.56 Å². The fraction of sp³-hybridized carbons (Fsp3) is 0.167. The Hall–Kier alpha value is -0.970. The molecular weight excluding hydrogens is 212 g/mol. The average molecular weight is 219 g/mol. The van der Waals surface area contributed by atoms with Crippen molar-refractivity contribution in [3.63, 3.8) is 0 Å². The first kappa shape index (κ1) is 8.13. The van der Waals surface area contributed by atoms with E-state index in [9.17, 15) is 4.79 Å². The molecule has 0 aliphatic heterocycles. The van der Waals surface area contributed by atoms with Gasteiger partial charge in [0.05, 0.1) is 6.20 Å². The Labute approximate surface area is 71.6 Å². The van der Waals surface area contributed by atoms with Gasteiger partial charge in [-0.3, -0.25) is 4.79 Å². The van der Waals surface area contributed by atoms with Gasteiger partial charge in [0.25, 0.3) is 0 Å². The second-order valence-electron chi connectivity index (χ2n) is 1.97. The van der Waals surface area contributed by atoms with E-state index in [0.29, 0.717) is 14.9 Å². The van der Waals surface area contributed by atoms with Crippen LogP contribution < -0.4 is 10.9 Å². The molecule has 1 rings (SSSR count). The van der Waals surface area contributed by atoms with Gasteiger partial charge in [0.1, 0.15) is 5.69 Å². The van der Waals surface area contributed by atoms with Crippen molar-refractivity contribution in [1.82, 2.24) is 4.73 Å². The van der Waals surface area contributed by atoms with Crippen molar-refractivity contribution in [3.05, 3.63) is 27.1 Å². The van der Waals surface area contributed by atoms with E-state index in [1.54, 1.807) is 13.1 Å². The van der Waals surface area contributed by atoms with E-state index in [0.717, 1.165) is 0 Å². The van der Waals surface area contributed by atoms with Crippen LogP contribution in [0.2, 0.25) is 0 Å². The molecule has 0 aromatic carbocycles. The van der Waals surface area contributed by atoms with Crippen LogP contribution in [0, 0.1) is 0 Å². The zero-order valence-electron chi connectivity index (χ0n) is 5.84. The number of hydrogen-bond acceptors (Lipinski definition) is 3. The molecule has 0 spiro atoms. The quantitative estimate of drug-likeness (QED) is 0.689. The molecule has 0 fully saturated rings. The molecule has 0 radical (unpaired) electrons. The van der Waals surface area contributed by atoms with Crippen LogP contribution in [0.25, 0.3) is 0 Å². The minimum atomic E-state index is -0.462. The Morgan fingerprint density at radius 1 is 1.73 bits per heavy atom. The molecule has 0 amide bonds. The van der Waals surface area contributed by atoms with Crippen molar-refractivity contribution >= 4 is 21.6 Å². The second kappa shape index (κ2) is 2.96. The summed E-state index contributed by atoms with van der Waals surface area (Å²) in [5, 5.41) is 11.6. The summed E-state index contributed by atoms with van der Waals surface area (Å²) in [4.78, 5) is 11.0. The van der Waals surface area contributed by atoms with Gasteiger partial charge in [-0.2, -0.15) is 4.73 Å². The van der Waals surface area contributed by atoms with Crippen molar-refractivity contribution in [2.24, 2.45) is 0 Å².